The number of aromatic nitrogens is 1. The molecule has 1 atom stereocenters. The summed E-state index contributed by atoms with van der Waals surface area (Å²) in [6, 6.07) is 2.07. The lowest BCUT2D eigenvalue weighted by Gasteiger charge is -2.21. The maximum atomic E-state index is 5.76. The second-order valence-electron chi connectivity index (χ2n) is 6.00. The van der Waals surface area contributed by atoms with E-state index in [1.807, 2.05) is 19.3 Å². The molecule has 0 bridgehead atoms. The fourth-order valence-corrected chi connectivity index (χ4v) is 2.47. The minimum atomic E-state index is 0. The van der Waals surface area contributed by atoms with Gasteiger partial charge in [0, 0.05) is 39.1 Å². The van der Waals surface area contributed by atoms with E-state index in [0.717, 1.165) is 38.5 Å². The largest absolute Gasteiger partial charge is 0.378 e. The zero-order chi connectivity index (χ0) is 17.1. The van der Waals surface area contributed by atoms with Crippen molar-refractivity contribution in [1.82, 2.24) is 15.6 Å². The van der Waals surface area contributed by atoms with E-state index in [9.17, 15) is 0 Å². The lowest BCUT2D eigenvalue weighted by atomic mass is 10.0. The number of halogens is 1. The predicted octanol–water partition coefficient (Wildman–Crippen LogP) is 3.17. The lowest BCUT2D eigenvalue weighted by Crippen LogP contribution is -2.40. The Labute approximate surface area is 164 Å². The first-order valence-electron chi connectivity index (χ1n) is 8.54. The molecule has 1 heterocycles. The summed E-state index contributed by atoms with van der Waals surface area (Å²) >= 11 is 0. The molecule has 0 aromatic carbocycles. The van der Waals surface area contributed by atoms with Crippen molar-refractivity contribution < 1.29 is 4.74 Å². The Morgan fingerprint density at radius 1 is 1.29 bits per heavy atom. The normalized spacial score (nSPS) is 12.7. The number of rotatable bonds is 9. The smallest absolute Gasteiger partial charge is 0.190 e. The molecule has 0 aliphatic heterocycles. The zero-order valence-corrected chi connectivity index (χ0v) is 18.0. The third-order valence-electron chi connectivity index (χ3n) is 3.89. The van der Waals surface area contributed by atoms with Gasteiger partial charge in [-0.25, -0.2) is 0 Å². The lowest BCUT2D eigenvalue weighted by molar-refractivity contribution is 0.0258. The molecule has 0 spiro atoms. The van der Waals surface area contributed by atoms with Crippen molar-refractivity contribution in [2.45, 2.75) is 46.6 Å². The number of guanidine groups is 1. The third kappa shape index (κ3) is 8.82. The number of nitrogens with one attached hydrogen (secondary N) is 2. The molecule has 0 saturated carbocycles. The van der Waals surface area contributed by atoms with Crippen molar-refractivity contribution in [3.8, 4) is 0 Å². The van der Waals surface area contributed by atoms with Gasteiger partial charge in [-0.15, -0.1) is 24.0 Å². The molecular formula is C18H33IN4O. The van der Waals surface area contributed by atoms with E-state index in [4.69, 9.17) is 4.74 Å². The standard InChI is InChI=1S/C18H32N4O.HI/c1-6-23-17(14(2)3)9-12-22-18(19-5)21-11-8-16-7-10-20-13-15(16)4;/h7,10,13-14,17H,6,8-9,11-12H2,1-5H3,(H2,19,21,22);1H. The number of hydrogen-bond acceptors (Lipinski definition) is 3. The van der Waals surface area contributed by atoms with E-state index in [2.05, 4.69) is 47.4 Å². The van der Waals surface area contributed by atoms with Gasteiger partial charge in [0.2, 0.25) is 0 Å². The summed E-state index contributed by atoms with van der Waals surface area (Å²) in [5, 5.41) is 6.72. The zero-order valence-electron chi connectivity index (χ0n) is 15.6. The van der Waals surface area contributed by atoms with Gasteiger partial charge in [-0.05, 0) is 49.8 Å². The van der Waals surface area contributed by atoms with Gasteiger partial charge in [-0.2, -0.15) is 0 Å². The molecule has 1 rings (SSSR count). The van der Waals surface area contributed by atoms with Crippen LogP contribution in [0.5, 0.6) is 0 Å². The van der Waals surface area contributed by atoms with Gasteiger partial charge in [0.15, 0.2) is 5.96 Å². The van der Waals surface area contributed by atoms with Crippen molar-refractivity contribution in [2.24, 2.45) is 10.9 Å². The second kappa shape index (κ2) is 13.4. The summed E-state index contributed by atoms with van der Waals surface area (Å²) in [6.07, 6.45) is 5.99. The van der Waals surface area contributed by atoms with E-state index in [0.29, 0.717) is 12.0 Å². The van der Waals surface area contributed by atoms with Crippen molar-refractivity contribution in [2.75, 3.05) is 26.7 Å². The van der Waals surface area contributed by atoms with E-state index < -0.39 is 0 Å². The van der Waals surface area contributed by atoms with Crippen LogP contribution in [-0.4, -0.2) is 43.8 Å². The van der Waals surface area contributed by atoms with Crippen LogP contribution in [0.25, 0.3) is 0 Å². The molecule has 2 N–H and O–H groups in total. The van der Waals surface area contributed by atoms with Crippen molar-refractivity contribution in [3.05, 3.63) is 29.6 Å². The Hall–Kier alpha value is -0.890. The summed E-state index contributed by atoms with van der Waals surface area (Å²) in [4.78, 5) is 8.39. The van der Waals surface area contributed by atoms with Crippen LogP contribution in [-0.2, 0) is 11.2 Å². The van der Waals surface area contributed by atoms with Crippen LogP contribution in [0.3, 0.4) is 0 Å². The van der Waals surface area contributed by atoms with E-state index in [1.165, 1.54) is 11.1 Å². The number of ether oxygens (including phenoxy) is 1. The number of aliphatic imine (C=N–C) groups is 1. The first kappa shape index (κ1) is 23.1. The average Bonchev–Trinajstić information content (AvgIpc) is 2.54. The highest BCUT2D eigenvalue weighted by Gasteiger charge is 2.12. The number of aryl methyl sites for hydroxylation is 1. The molecular weight excluding hydrogens is 415 g/mol. The van der Waals surface area contributed by atoms with Crippen LogP contribution < -0.4 is 10.6 Å². The molecule has 0 fully saturated rings. The fraction of sp³-hybridized carbons (Fsp3) is 0.667. The maximum Gasteiger partial charge on any atom is 0.190 e. The third-order valence-corrected chi connectivity index (χ3v) is 3.89. The van der Waals surface area contributed by atoms with Gasteiger partial charge in [0.05, 0.1) is 6.10 Å². The second-order valence-corrected chi connectivity index (χ2v) is 6.00. The highest BCUT2D eigenvalue weighted by atomic mass is 127. The fourth-order valence-electron chi connectivity index (χ4n) is 2.47. The van der Waals surface area contributed by atoms with Crippen molar-refractivity contribution >= 4 is 29.9 Å². The van der Waals surface area contributed by atoms with Gasteiger partial charge in [-0.1, -0.05) is 13.8 Å². The minimum absolute atomic E-state index is 0. The predicted molar refractivity (Wildman–Crippen MR) is 112 cm³/mol. The number of hydrogen-bond donors (Lipinski definition) is 2. The first-order valence-corrected chi connectivity index (χ1v) is 8.54. The van der Waals surface area contributed by atoms with Crippen LogP contribution in [0.15, 0.2) is 23.5 Å². The topological polar surface area (TPSA) is 58.5 Å². The quantitative estimate of drug-likeness (QED) is 0.346. The van der Waals surface area contributed by atoms with Crippen LogP contribution in [0, 0.1) is 12.8 Å². The molecule has 5 nitrogen and oxygen atoms in total. The number of pyridine rings is 1. The van der Waals surface area contributed by atoms with E-state index in [1.54, 1.807) is 7.05 Å². The van der Waals surface area contributed by atoms with Crippen LogP contribution in [0.2, 0.25) is 0 Å². The molecule has 6 heteroatoms. The molecule has 0 radical (unpaired) electrons. The molecule has 138 valence electrons. The molecule has 1 unspecified atom stereocenters. The molecule has 0 aliphatic rings. The minimum Gasteiger partial charge on any atom is -0.378 e. The molecule has 0 saturated heterocycles. The van der Waals surface area contributed by atoms with Gasteiger partial charge in [-0.3, -0.25) is 9.98 Å². The van der Waals surface area contributed by atoms with Crippen molar-refractivity contribution in [1.29, 1.82) is 0 Å². The summed E-state index contributed by atoms with van der Waals surface area (Å²) < 4.78 is 5.76. The molecule has 1 aromatic heterocycles. The SMILES string of the molecule is CCOC(CCNC(=NC)NCCc1ccncc1C)C(C)C.I. The monoisotopic (exact) mass is 448 g/mol. The Kier molecular flexibility index (Phi) is 12.9. The summed E-state index contributed by atoms with van der Waals surface area (Å²) in [6.45, 7) is 11.0. The van der Waals surface area contributed by atoms with Crippen LogP contribution in [0.1, 0.15) is 38.3 Å². The Balaban J connectivity index is 0.00000529. The maximum absolute atomic E-state index is 5.76. The van der Waals surface area contributed by atoms with Gasteiger partial charge in [0.25, 0.3) is 0 Å². The van der Waals surface area contributed by atoms with E-state index in [-0.39, 0.29) is 24.0 Å². The summed E-state index contributed by atoms with van der Waals surface area (Å²) in [5.74, 6) is 1.37. The van der Waals surface area contributed by atoms with Gasteiger partial charge in [0.1, 0.15) is 0 Å². The molecule has 24 heavy (non-hydrogen) atoms. The van der Waals surface area contributed by atoms with E-state index >= 15 is 0 Å². The summed E-state index contributed by atoms with van der Waals surface area (Å²) in [7, 11) is 1.80. The average molecular weight is 448 g/mol. The molecule has 0 aliphatic carbocycles. The molecule has 1 aromatic rings. The Morgan fingerprint density at radius 3 is 2.58 bits per heavy atom. The van der Waals surface area contributed by atoms with Crippen molar-refractivity contribution in [3.63, 3.8) is 0 Å². The first-order chi connectivity index (χ1) is 11.1. The van der Waals surface area contributed by atoms with Gasteiger partial charge >= 0.3 is 0 Å². The molecule has 0 amide bonds. The van der Waals surface area contributed by atoms with Gasteiger partial charge < -0.3 is 15.4 Å². The van der Waals surface area contributed by atoms with Crippen LogP contribution >= 0.6 is 24.0 Å². The van der Waals surface area contributed by atoms with Crippen LogP contribution in [0.4, 0.5) is 0 Å². The highest BCUT2D eigenvalue weighted by Crippen LogP contribution is 2.09. The Morgan fingerprint density at radius 2 is 2.00 bits per heavy atom. The summed E-state index contributed by atoms with van der Waals surface area (Å²) in [5.41, 5.74) is 2.55. The Bertz CT molecular complexity index is 480. The number of nitrogens with zero attached hydrogens (tertiary/aromatic N) is 2. The highest BCUT2D eigenvalue weighted by molar-refractivity contribution is 14.0.